The topological polar surface area (TPSA) is 95.8 Å². The summed E-state index contributed by atoms with van der Waals surface area (Å²) in [5.41, 5.74) is 0.795. The van der Waals surface area contributed by atoms with E-state index in [1.807, 2.05) is 33.3 Å². The molecule has 0 bridgehead atoms. The minimum absolute atomic E-state index is 0.0209. The molecule has 3 heterocycles. The first-order valence-corrected chi connectivity index (χ1v) is 10.5. The van der Waals surface area contributed by atoms with Gasteiger partial charge in [-0.05, 0) is 35.4 Å². The first-order valence-electron chi connectivity index (χ1n) is 9.49. The van der Waals surface area contributed by atoms with Crippen molar-refractivity contribution in [1.29, 1.82) is 0 Å². The quantitative estimate of drug-likeness (QED) is 0.421. The number of hydrogen-bond acceptors (Lipinski definition) is 7. The molecule has 0 aliphatic carbocycles. The molecule has 0 N–H and O–H groups in total. The van der Waals surface area contributed by atoms with Gasteiger partial charge in [0, 0.05) is 13.1 Å². The Kier molecular flexibility index (Phi) is 5.38. The van der Waals surface area contributed by atoms with Crippen molar-refractivity contribution in [3.63, 3.8) is 0 Å². The molecule has 0 radical (unpaired) electrons. The summed E-state index contributed by atoms with van der Waals surface area (Å²) in [5.74, 6) is 1.95. The average molecular weight is 398 g/mol. The number of aromatic nitrogens is 8. The van der Waals surface area contributed by atoms with Gasteiger partial charge in [0.25, 0.3) is 5.56 Å². The lowest BCUT2D eigenvalue weighted by molar-refractivity contribution is 0.564. The standard InChI is InChI=1S/C18H22N8OS/c1-3-5-11-24-16(27)13-8-6-7-9-14(13)26-17(24)20-21-18(26)28-12-15-19-22-23-25(15)10-4-2/h6-9H,3-5,10-12H2,1-2H3. The Morgan fingerprint density at radius 2 is 1.89 bits per heavy atom. The van der Waals surface area contributed by atoms with E-state index in [4.69, 9.17) is 0 Å². The zero-order chi connectivity index (χ0) is 19.5. The van der Waals surface area contributed by atoms with Gasteiger partial charge >= 0.3 is 0 Å². The van der Waals surface area contributed by atoms with Crippen LogP contribution in [-0.2, 0) is 18.8 Å². The molecule has 28 heavy (non-hydrogen) atoms. The van der Waals surface area contributed by atoms with Gasteiger partial charge in [-0.1, -0.05) is 44.2 Å². The van der Waals surface area contributed by atoms with Crippen molar-refractivity contribution in [2.75, 3.05) is 0 Å². The van der Waals surface area contributed by atoms with Crippen LogP contribution in [0.1, 0.15) is 38.9 Å². The van der Waals surface area contributed by atoms with Gasteiger partial charge < -0.3 is 0 Å². The van der Waals surface area contributed by atoms with Gasteiger partial charge in [-0.25, -0.2) is 4.68 Å². The molecule has 0 saturated heterocycles. The van der Waals surface area contributed by atoms with Gasteiger partial charge in [-0.2, -0.15) is 0 Å². The third kappa shape index (κ3) is 3.28. The van der Waals surface area contributed by atoms with Crippen molar-refractivity contribution in [2.45, 2.75) is 57.1 Å². The summed E-state index contributed by atoms with van der Waals surface area (Å²) in [6, 6.07) is 7.60. The molecule has 4 rings (SSSR count). The normalized spacial score (nSPS) is 11.6. The molecule has 0 fully saturated rings. The van der Waals surface area contributed by atoms with Gasteiger partial charge in [0.1, 0.15) is 0 Å². The van der Waals surface area contributed by atoms with E-state index >= 15 is 0 Å². The predicted molar refractivity (Wildman–Crippen MR) is 107 cm³/mol. The van der Waals surface area contributed by atoms with E-state index in [2.05, 4.69) is 39.6 Å². The Morgan fingerprint density at radius 3 is 2.71 bits per heavy atom. The molecule has 3 aromatic heterocycles. The third-order valence-electron chi connectivity index (χ3n) is 4.59. The van der Waals surface area contributed by atoms with E-state index in [9.17, 15) is 4.79 Å². The molecule has 0 unspecified atom stereocenters. The van der Waals surface area contributed by atoms with Crippen LogP contribution < -0.4 is 5.56 Å². The molecule has 0 aliphatic rings. The molecule has 0 amide bonds. The molecule has 0 saturated carbocycles. The summed E-state index contributed by atoms with van der Waals surface area (Å²) in [5, 5.41) is 22.0. The second kappa shape index (κ2) is 8.09. The fourth-order valence-corrected chi connectivity index (χ4v) is 4.06. The van der Waals surface area contributed by atoms with Crippen molar-refractivity contribution in [3.05, 3.63) is 40.4 Å². The summed E-state index contributed by atoms with van der Waals surface area (Å²) in [7, 11) is 0. The van der Waals surface area contributed by atoms with Crippen molar-refractivity contribution in [3.8, 4) is 0 Å². The fourth-order valence-electron chi connectivity index (χ4n) is 3.19. The highest BCUT2D eigenvalue weighted by Crippen LogP contribution is 2.24. The highest BCUT2D eigenvalue weighted by Gasteiger charge is 2.17. The molecule has 1 aromatic carbocycles. The first-order chi connectivity index (χ1) is 13.7. The van der Waals surface area contributed by atoms with Crippen LogP contribution in [0.2, 0.25) is 0 Å². The Morgan fingerprint density at radius 1 is 1.04 bits per heavy atom. The zero-order valence-corrected chi connectivity index (χ0v) is 16.8. The number of unbranched alkanes of at least 4 members (excludes halogenated alkanes) is 1. The molecule has 0 spiro atoms. The Labute approximate surface area is 165 Å². The smallest absolute Gasteiger partial charge is 0.262 e. The molecule has 0 atom stereocenters. The van der Waals surface area contributed by atoms with Crippen molar-refractivity contribution < 1.29 is 0 Å². The maximum atomic E-state index is 13.0. The fraction of sp³-hybridized carbons (Fsp3) is 0.444. The number of rotatable bonds is 8. The monoisotopic (exact) mass is 398 g/mol. The predicted octanol–water partition coefficient (Wildman–Crippen LogP) is 2.53. The average Bonchev–Trinajstić information content (AvgIpc) is 3.33. The van der Waals surface area contributed by atoms with Crippen LogP contribution in [-0.4, -0.2) is 39.4 Å². The first kappa shape index (κ1) is 18.6. The Balaban J connectivity index is 1.78. The van der Waals surface area contributed by atoms with E-state index in [0.29, 0.717) is 23.5 Å². The van der Waals surface area contributed by atoms with E-state index in [1.165, 1.54) is 11.8 Å². The second-order valence-electron chi connectivity index (χ2n) is 6.55. The van der Waals surface area contributed by atoms with Gasteiger partial charge in [-0.15, -0.1) is 15.3 Å². The van der Waals surface area contributed by atoms with Gasteiger partial charge in [0.2, 0.25) is 5.78 Å². The van der Waals surface area contributed by atoms with Crippen LogP contribution in [0.5, 0.6) is 0 Å². The van der Waals surface area contributed by atoms with Gasteiger partial charge in [-0.3, -0.25) is 13.8 Å². The number of nitrogens with zero attached hydrogens (tertiary/aromatic N) is 8. The van der Waals surface area contributed by atoms with Crippen molar-refractivity contribution in [1.82, 2.24) is 39.4 Å². The summed E-state index contributed by atoms with van der Waals surface area (Å²) in [6.07, 6.45) is 2.88. The van der Waals surface area contributed by atoms with Crippen LogP contribution in [0.3, 0.4) is 0 Å². The number of hydrogen-bond donors (Lipinski definition) is 0. The summed E-state index contributed by atoms with van der Waals surface area (Å²) in [6.45, 7) is 5.60. The van der Waals surface area contributed by atoms with Crippen LogP contribution in [0.15, 0.2) is 34.2 Å². The van der Waals surface area contributed by atoms with Crippen molar-refractivity contribution in [2.24, 2.45) is 0 Å². The van der Waals surface area contributed by atoms with Crippen LogP contribution >= 0.6 is 11.8 Å². The lowest BCUT2D eigenvalue weighted by Gasteiger charge is -2.10. The maximum Gasteiger partial charge on any atom is 0.262 e. The Bertz CT molecular complexity index is 1160. The zero-order valence-electron chi connectivity index (χ0n) is 15.9. The largest absolute Gasteiger partial charge is 0.276 e. The minimum Gasteiger partial charge on any atom is -0.276 e. The highest BCUT2D eigenvalue weighted by molar-refractivity contribution is 7.98. The SMILES string of the molecule is CCCCn1c(=O)c2ccccc2n2c(SCc3nnnn3CCC)nnc12. The summed E-state index contributed by atoms with van der Waals surface area (Å²) in [4.78, 5) is 13.0. The number of benzene rings is 1. The van der Waals surface area contributed by atoms with E-state index < -0.39 is 0 Å². The molecule has 9 nitrogen and oxygen atoms in total. The third-order valence-corrected chi connectivity index (χ3v) is 5.51. The lowest BCUT2D eigenvalue weighted by Crippen LogP contribution is -2.23. The molecule has 146 valence electrons. The molecular formula is C18H22N8OS. The maximum absolute atomic E-state index is 13.0. The Hall–Kier alpha value is -2.75. The van der Waals surface area contributed by atoms with Crippen LogP contribution in [0.25, 0.3) is 16.7 Å². The minimum atomic E-state index is -0.0209. The van der Waals surface area contributed by atoms with E-state index in [-0.39, 0.29) is 5.56 Å². The highest BCUT2D eigenvalue weighted by atomic mass is 32.2. The van der Waals surface area contributed by atoms with Gasteiger partial charge in [0.15, 0.2) is 11.0 Å². The van der Waals surface area contributed by atoms with E-state index in [0.717, 1.165) is 42.3 Å². The molecular weight excluding hydrogens is 376 g/mol. The molecule has 4 aromatic rings. The van der Waals surface area contributed by atoms with Gasteiger partial charge in [0.05, 0.1) is 16.7 Å². The van der Waals surface area contributed by atoms with Crippen molar-refractivity contribution >= 4 is 28.4 Å². The number of aryl methyl sites for hydroxylation is 2. The number of fused-ring (bicyclic) bond motifs is 3. The van der Waals surface area contributed by atoms with Crippen LogP contribution in [0, 0.1) is 0 Å². The number of thioether (sulfide) groups is 1. The number of tetrazole rings is 1. The van der Waals surface area contributed by atoms with Crippen LogP contribution in [0.4, 0.5) is 0 Å². The second-order valence-corrected chi connectivity index (χ2v) is 7.49. The molecule has 0 aliphatic heterocycles. The number of para-hydroxylation sites is 1. The lowest BCUT2D eigenvalue weighted by atomic mass is 10.2. The summed E-state index contributed by atoms with van der Waals surface area (Å²) >= 11 is 1.52. The molecule has 10 heteroatoms. The summed E-state index contributed by atoms with van der Waals surface area (Å²) < 4.78 is 5.50. The van der Waals surface area contributed by atoms with E-state index in [1.54, 1.807) is 4.57 Å².